The number of nitrogens with two attached hydrogens (primary N) is 1. The summed E-state index contributed by atoms with van der Waals surface area (Å²) in [6, 6.07) is 6.18. The molecule has 0 saturated heterocycles. The number of oxazole rings is 1. The van der Waals surface area contributed by atoms with E-state index in [2.05, 4.69) is 24.1 Å². The van der Waals surface area contributed by atoms with Crippen LogP contribution >= 0.6 is 0 Å². The highest BCUT2D eigenvalue weighted by Gasteiger charge is 2.09. The molecule has 0 aliphatic rings. The van der Waals surface area contributed by atoms with Crippen molar-refractivity contribution in [3.05, 3.63) is 24.1 Å². The van der Waals surface area contributed by atoms with E-state index < -0.39 is 0 Å². The molecule has 0 fully saturated rings. The van der Waals surface area contributed by atoms with Crippen LogP contribution in [0.5, 0.6) is 0 Å². The maximum Gasteiger partial charge on any atom is 0.198 e. The molecule has 92 valence electrons. The van der Waals surface area contributed by atoms with Crippen molar-refractivity contribution >= 4 is 16.8 Å². The maximum absolute atomic E-state index is 5.65. The van der Waals surface area contributed by atoms with Gasteiger partial charge in [0.2, 0.25) is 0 Å². The zero-order valence-electron chi connectivity index (χ0n) is 10.5. The van der Waals surface area contributed by atoms with Gasteiger partial charge in [0, 0.05) is 24.2 Å². The highest BCUT2D eigenvalue weighted by molar-refractivity contribution is 5.77. The van der Waals surface area contributed by atoms with Crippen molar-refractivity contribution < 1.29 is 4.42 Å². The topological polar surface area (TPSA) is 64.1 Å². The highest BCUT2D eigenvalue weighted by atomic mass is 16.3. The lowest BCUT2D eigenvalue weighted by atomic mass is 10.2. The molecule has 0 spiro atoms. The summed E-state index contributed by atoms with van der Waals surface area (Å²) in [4.78, 5) is 4.47. The molecule has 1 atom stereocenters. The van der Waals surface area contributed by atoms with Gasteiger partial charge < -0.3 is 15.5 Å². The van der Waals surface area contributed by atoms with E-state index in [9.17, 15) is 0 Å². The van der Waals surface area contributed by atoms with Crippen LogP contribution in [0.2, 0.25) is 0 Å². The van der Waals surface area contributed by atoms with E-state index in [1.165, 1.54) is 0 Å². The van der Waals surface area contributed by atoms with Crippen molar-refractivity contribution in [1.82, 2.24) is 4.98 Å². The predicted octanol–water partition coefficient (Wildman–Crippen LogP) is 2.71. The normalized spacial score (nSPS) is 13.2. The second-order valence-corrected chi connectivity index (χ2v) is 4.67. The number of nitrogens with zero attached hydrogens (tertiary/aromatic N) is 1. The fourth-order valence-electron chi connectivity index (χ4n) is 1.63. The van der Waals surface area contributed by atoms with Gasteiger partial charge in [0.25, 0.3) is 0 Å². The lowest BCUT2D eigenvalue weighted by Gasteiger charge is -2.12. The first-order valence-electron chi connectivity index (χ1n) is 5.97. The first-order chi connectivity index (χ1) is 8.10. The van der Waals surface area contributed by atoms with Crippen molar-refractivity contribution in [3.8, 4) is 0 Å². The van der Waals surface area contributed by atoms with Crippen LogP contribution in [0.25, 0.3) is 11.1 Å². The number of nitrogens with one attached hydrogen (secondary N) is 1. The predicted molar refractivity (Wildman–Crippen MR) is 70.2 cm³/mol. The molecule has 1 unspecified atom stereocenters. The average Bonchev–Trinajstić information content (AvgIpc) is 2.72. The van der Waals surface area contributed by atoms with Gasteiger partial charge in [-0.2, -0.15) is 0 Å². The van der Waals surface area contributed by atoms with E-state index in [-0.39, 0.29) is 6.04 Å². The van der Waals surface area contributed by atoms with Crippen LogP contribution in [0.1, 0.15) is 32.6 Å². The van der Waals surface area contributed by atoms with Gasteiger partial charge in [-0.05, 0) is 25.1 Å². The Kier molecular flexibility index (Phi) is 3.33. The standard InChI is InChI=1S/C13H19N3O/c1-8(2)13-16-11-6-10(15-9(3)7-14)4-5-12(11)17-13/h4-6,8-9,15H,7,14H2,1-3H3. The molecule has 0 aliphatic carbocycles. The van der Waals surface area contributed by atoms with Crippen molar-refractivity contribution in [2.45, 2.75) is 32.7 Å². The van der Waals surface area contributed by atoms with E-state index >= 15 is 0 Å². The number of fused-ring (bicyclic) bond motifs is 1. The monoisotopic (exact) mass is 233 g/mol. The van der Waals surface area contributed by atoms with E-state index in [0.717, 1.165) is 22.7 Å². The summed E-state index contributed by atoms with van der Waals surface area (Å²) in [5.74, 6) is 1.09. The van der Waals surface area contributed by atoms with E-state index in [1.54, 1.807) is 0 Å². The van der Waals surface area contributed by atoms with Crippen LogP contribution in [0.3, 0.4) is 0 Å². The molecule has 2 rings (SSSR count). The number of rotatable bonds is 4. The largest absolute Gasteiger partial charge is 0.440 e. The van der Waals surface area contributed by atoms with Crippen molar-refractivity contribution in [3.63, 3.8) is 0 Å². The Hall–Kier alpha value is -1.55. The minimum absolute atomic E-state index is 0.254. The quantitative estimate of drug-likeness (QED) is 0.852. The summed E-state index contributed by atoms with van der Waals surface area (Å²) < 4.78 is 5.65. The van der Waals surface area contributed by atoms with Gasteiger partial charge >= 0.3 is 0 Å². The Morgan fingerprint density at radius 2 is 2.12 bits per heavy atom. The second-order valence-electron chi connectivity index (χ2n) is 4.67. The van der Waals surface area contributed by atoms with Gasteiger partial charge in [0.05, 0.1) is 0 Å². The minimum atomic E-state index is 0.254. The smallest absolute Gasteiger partial charge is 0.198 e. The Bertz CT molecular complexity index is 504. The van der Waals surface area contributed by atoms with E-state index in [4.69, 9.17) is 10.2 Å². The fourth-order valence-corrected chi connectivity index (χ4v) is 1.63. The molecule has 1 aromatic heterocycles. The van der Waals surface area contributed by atoms with Crippen LogP contribution < -0.4 is 11.1 Å². The molecular formula is C13H19N3O. The second kappa shape index (κ2) is 4.75. The number of anilines is 1. The molecule has 17 heavy (non-hydrogen) atoms. The molecule has 4 nitrogen and oxygen atoms in total. The summed E-state index contributed by atoms with van der Waals surface area (Å²) in [6.45, 7) is 6.79. The molecule has 1 heterocycles. The van der Waals surface area contributed by atoms with Crippen LogP contribution in [-0.4, -0.2) is 17.6 Å². The van der Waals surface area contributed by atoms with Crippen LogP contribution in [-0.2, 0) is 0 Å². The zero-order valence-corrected chi connectivity index (χ0v) is 10.5. The van der Waals surface area contributed by atoms with Gasteiger partial charge in [-0.3, -0.25) is 0 Å². The Morgan fingerprint density at radius 3 is 2.76 bits per heavy atom. The van der Waals surface area contributed by atoms with Crippen LogP contribution in [0.15, 0.2) is 22.6 Å². The van der Waals surface area contributed by atoms with E-state index in [1.807, 2.05) is 25.1 Å². The highest BCUT2D eigenvalue weighted by Crippen LogP contribution is 2.23. The Labute approximate surface area is 101 Å². The molecule has 0 bridgehead atoms. The summed E-state index contributed by atoms with van der Waals surface area (Å²) >= 11 is 0. The summed E-state index contributed by atoms with van der Waals surface area (Å²) in [7, 11) is 0. The molecule has 3 N–H and O–H groups in total. The third-order valence-corrected chi connectivity index (χ3v) is 2.66. The number of hydrogen-bond donors (Lipinski definition) is 2. The molecule has 4 heteroatoms. The molecule has 1 aromatic carbocycles. The molecule has 2 aromatic rings. The van der Waals surface area contributed by atoms with Crippen molar-refractivity contribution in [2.75, 3.05) is 11.9 Å². The van der Waals surface area contributed by atoms with Gasteiger partial charge in [0.15, 0.2) is 11.5 Å². The van der Waals surface area contributed by atoms with Crippen LogP contribution in [0.4, 0.5) is 5.69 Å². The first kappa shape index (κ1) is 11.9. The third-order valence-electron chi connectivity index (χ3n) is 2.66. The minimum Gasteiger partial charge on any atom is -0.440 e. The lowest BCUT2D eigenvalue weighted by Crippen LogP contribution is -2.24. The number of hydrogen-bond acceptors (Lipinski definition) is 4. The van der Waals surface area contributed by atoms with Gasteiger partial charge in [-0.15, -0.1) is 0 Å². The number of aromatic nitrogens is 1. The molecular weight excluding hydrogens is 214 g/mol. The van der Waals surface area contributed by atoms with Gasteiger partial charge in [-0.25, -0.2) is 4.98 Å². The summed E-state index contributed by atoms with van der Waals surface area (Å²) in [6.07, 6.45) is 0. The zero-order chi connectivity index (χ0) is 12.4. The molecule has 0 amide bonds. The van der Waals surface area contributed by atoms with Gasteiger partial charge in [0.1, 0.15) is 5.52 Å². The molecule has 0 saturated carbocycles. The first-order valence-corrected chi connectivity index (χ1v) is 5.97. The third kappa shape index (κ3) is 2.58. The average molecular weight is 233 g/mol. The van der Waals surface area contributed by atoms with E-state index in [0.29, 0.717) is 12.5 Å². The lowest BCUT2D eigenvalue weighted by molar-refractivity contribution is 0.501. The fraction of sp³-hybridized carbons (Fsp3) is 0.462. The summed E-state index contributed by atoms with van der Waals surface area (Å²) in [5.41, 5.74) is 8.33. The SMILES string of the molecule is CC(CN)Nc1ccc2oc(C(C)C)nc2c1. The maximum atomic E-state index is 5.65. The van der Waals surface area contributed by atoms with Crippen molar-refractivity contribution in [2.24, 2.45) is 5.73 Å². The van der Waals surface area contributed by atoms with Gasteiger partial charge in [-0.1, -0.05) is 13.8 Å². The number of benzene rings is 1. The Balaban J connectivity index is 2.30. The van der Waals surface area contributed by atoms with Crippen molar-refractivity contribution in [1.29, 1.82) is 0 Å². The molecule has 0 aliphatic heterocycles. The Morgan fingerprint density at radius 1 is 1.35 bits per heavy atom. The molecule has 0 radical (unpaired) electrons. The summed E-state index contributed by atoms with van der Waals surface area (Å²) in [5, 5.41) is 3.32. The van der Waals surface area contributed by atoms with Crippen LogP contribution in [0, 0.1) is 0 Å².